The summed E-state index contributed by atoms with van der Waals surface area (Å²) in [5.74, 6) is 0.705. The molecule has 1 heteroatoms. The summed E-state index contributed by atoms with van der Waals surface area (Å²) < 4.78 is 5.91. The minimum atomic E-state index is -0.0531. The van der Waals surface area contributed by atoms with E-state index in [-0.39, 0.29) is 5.60 Å². The molecule has 0 spiro atoms. The van der Waals surface area contributed by atoms with Crippen molar-refractivity contribution >= 4 is 0 Å². The number of ether oxygens (including phenoxy) is 1. The van der Waals surface area contributed by atoms with Gasteiger partial charge in [-0.2, -0.15) is 0 Å². The second-order valence-corrected chi connectivity index (χ2v) is 5.46. The quantitative estimate of drug-likeness (QED) is 0.602. The summed E-state index contributed by atoms with van der Waals surface area (Å²) in [7, 11) is 0. The topological polar surface area (TPSA) is 9.23 Å². The second-order valence-electron chi connectivity index (χ2n) is 5.46. The van der Waals surface area contributed by atoms with E-state index in [1.165, 1.54) is 19.3 Å². The van der Waals surface area contributed by atoms with Crippen molar-refractivity contribution in [3.63, 3.8) is 0 Å². The van der Waals surface area contributed by atoms with Crippen LogP contribution in [0.25, 0.3) is 0 Å². The van der Waals surface area contributed by atoms with E-state index >= 15 is 0 Å². The van der Waals surface area contributed by atoms with E-state index in [0.717, 1.165) is 6.42 Å². The number of hydrogen-bond donors (Lipinski definition) is 0. The molecule has 2 atom stereocenters. The molecule has 0 aromatic heterocycles. The van der Waals surface area contributed by atoms with Gasteiger partial charge in [0.2, 0.25) is 0 Å². The number of rotatable bonds is 6. The summed E-state index contributed by atoms with van der Waals surface area (Å²) in [6.07, 6.45) is 14.1. The largest absolute Gasteiger partial charge is 0.364 e. The fourth-order valence-corrected chi connectivity index (χ4v) is 2.04. The van der Waals surface area contributed by atoms with Gasteiger partial charge in [-0.15, -0.1) is 0 Å². The minimum absolute atomic E-state index is 0.0531. The Labute approximate surface area is 101 Å². The Morgan fingerprint density at radius 1 is 1.38 bits per heavy atom. The van der Waals surface area contributed by atoms with E-state index in [2.05, 4.69) is 52.0 Å². The molecule has 0 fully saturated rings. The minimum Gasteiger partial charge on any atom is -0.364 e. The lowest BCUT2D eigenvalue weighted by Crippen LogP contribution is -2.22. The SMILES string of the molecule is CCC/C=C\CC(C)CC1C=CC(C)(C)O1. The second kappa shape index (κ2) is 6.24. The van der Waals surface area contributed by atoms with E-state index < -0.39 is 0 Å². The maximum absolute atomic E-state index is 5.91. The third kappa shape index (κ3) is 4.98. The normalized spacial score (nSPS) is 25.4. The van der Waals surface area contributed by atoms with Crippen LogP contribution in [0, 0.1) is 5.92 Å². The molecule has 1 heterocycles. The molecule has 1 aliphatic heterocycles. The van der Waals surface area contributed by atoms with Gasteiger partial charge in [-0.05, 0) is 39.0 Å². The average molecular weight is 222 g/mol. The van der Waals surface area contributed by atoms with Gasteiger partial charge in [0.05, 0.1) is 11.7 Å². The first kappa shape index (κ1) is 13.5. The van der Waals surface area contributed by atoms with Crippen LogP contribution in [0.1, 0.15) is 53.4 Å². The van der Waals surface area contributed by atoms with Gasteiger partial charge < -0.3 is 4.74 Å². The van der Waals surface area contributed by atoms with Gasteiger partial charge in [0, 0.05) is 0 Å². The summed E-state index contributed by atoms with van der Waals surface area (Å²) in [6.45, 7) is 8.76. The lowest BCUT2D eigenvalue weighted by Gasteiger charge is -2.21. The van der Waals surface area contributed by atoms with Gasteiger partial charge in [0.15, 0.2) is 0 Å². The molecular weight excluding hydrogens is 196 g/mol. The molecule has 0 radical (unpaired) electrons. The molecule has 0 aromatic rings. The van der Waals surface area contributed by atoms with Crippen LogP contribution in [0.5, 0.6) is 0 Å². The fraction of sp³-hybridized carbons (Fsp3) is 0.733. The van der Waals surface area contributed by atoms with Crippen LogP contribution in [-0.2, 0) is 4.74 Å². The molecule has 1 aliphatic rings. The highest BCUT2D eigenvalue weighted by Gasteiger charge is 2.26. The zero-order valence-electron chi connectivity index (χ0n) is 11.2. The van der Waals surface area contributed by atoms with Gasteiger partial charge in [-0.3, -0.25) is 0 Å². The van der Waals surface area contributed by atoms with Gasteiger partial charge in [-0.1, -0.05) is 44.6 Å². The number of hydrogen-bond acceptors (Lipinski definition) is 1. The highest BCUT2D eigenvalue weighted by atomic mass is 16.5. The lowest BCUT2D eigenvalue weighted by molar-refractivity contribution is -0.00723. The van der Waals surface area contributed by atoms with E-state index in [1.807, 2.05) is 0 Å². The fourth-order valence-electron chi connectivity index (χ4n) is 2.04. The molecule has 1 rings (SSSR count). The molecule has 0 aliphatic carbocycles. The third-order valence-electron chi connectivity index (χ3n) is 2.96. The van der Waals surface area contributed by atoms with Crippen LogP contribution in [0.3, 0.4) is 0 Å². The number of unbranched alkanes of at least 4 members (excludes halogenated alkanes) is 1. The molecule has 16 heavy (non-hydrogen) atoms. The van der Waals surface area contributed by atoms with Gasteiger partial charge in [0.25, 0.3) is 0 Å². The molecule has 0 saturated carbocycles. The van der Waals surface area contributed by atoms with E-state index in [9.17, 15) is 0 Å². The Balaban J connectivity index is 2.20. The van der Waals surface area contributed by atoms with Crippen LogP contribution in [-0.4, -0.2) is 11.7 Å². The standard InChI is InChI=1S/C15H26O/c1-5-6-7-8-9-13(2)12-14-10-11-15(3,4)16-14/h7-8,10-11,13-14H,5-6,9,12H2,1-4H3/b8-7-. The smallest absolute Gasteiger partial charge is 0.0815 e. The summed E-state index contributed by atoms with van der Waals surface area (Å²) in [4.78, 5) is 0. The highest BCUT2D eigenvalue weighted by molar-refractivity contribution is 5.08. The van der Waals surface area contributed by atoms with Crippen molar-refractivity contribution in [1.82, 2.24) is 0 Å². The highest BCUT2D eigenvalue weighted by Crippen LogP contribution is 2.26. The molecule has 0 bridgehead atoms. The Morgan fingerprint density at radius 2 is 2.12 bits per heavy atom. The van der Waals surface area contributed by atoms with Crippen molar-refractivity contribution in [2.24, 2.45) is 5.92 Å². The monoisotopic (exact) mass is 222 g/mol. The molecule has 1 nitrogen and oxygen atoms in total. The van der Waals surface area contributed by atoms with Crippen LogP contribution >= 0.6 is 0 Å². The Bertz CT molecular complexity index is 250. The third-order valence-corrected chi connectivity index (χ3v) is 2.96. The maximum atomic E-state index is 5.91. The van der Waals surface area contributed by atoms with Crippen LogP contribution in [0.15, 0.2) is 24.3 Å². The summed E-state index contributed by atoms with van der Waals surface area (Å²) >= 11 is 0. The maximum Gasteiger partial charge on any atom is 0.0815 e. The Morgan fingerprint density at radius 3 is 2.69 bits per heavy atom. The zero-order valence-corrected chi connectivity index (χ0v) is 11.2. The van der Waals surface area contributed by atoms with Crippen LogP contribution in [0.2, 0.25) is 0 Å². The number of allylic oxidation sites excluding steroid dienone is 2. The van der Waals surface area contributed by atoms with Crippen molar-refractivity contribution in [3.05, 3.63) is 24.3 Å². The molecule has 0 saturated heterocycles. The van der Waals surface area contributed by atoms with Crippen LogP contribution in [0.4, 0.5) is 0 Å². The van der Waals surface area contributed by atoms with Crippen molar-refractivity contribution in [2.75, 3.05) is 0 Å². The van der Waals surface area contributed by atoms with E-state index in [4.69, 9.17) is 4.74 Å². The van der Waals surface area contributed by atoms with Crippen LogP contribution < -0.4 is 0 Å². The molecule has 92 valence electrons. The van der Waals surface area contributed by atoms with Gasteiger partial charge in [-0.25, -0.2) is 0 Å². The molecular formula is C15H26O. The molecule has 0 N–H and O–H groups in total. The predicted molar refractivity (Wildman–Crippen MR) is 70.5 cm³/mol. The summed E-state index contributed by atoms with van der Waals surface area (Å²) in [6, 6.07) is 0. The van der Waals surface area contributed by atoms with Crippen molar-refractivity contribution < 1.29 is 4.74 Å². The summed E-state index contributed by atoms with van der Waals surface area (Å²) in [5.41, 5.74) is -0.0531. The average Bonchev–Trinajstić information content (AvgIpc) is 2.53. The van der Waals surface area contributed by atoms with E-state index in [0.29, 0.717) is 12.0 Å². The Hall–Kier alpha value is -0.560. The van der Waals surface area contributed by atoms with Crippen molar-refractivity contribution in [3.8, 4) is 0 Å². The molecule has 2 unspecified atom stereocenters. The van der Waals surface area contributed by atoms with Gasteiger partial charge >= 0.3 is 0 Å². The lowest BCUT2D eigenvalue weighted by atomic mass is 9.99. The van der Waals surface area contributed by atoms with E-state index in [1.54, 1.807) is 0 Å². The zero-order chi connectivity index (χ0) is 12.0. The van der Waals surface area contributed by atoms with Crippen molar-refractivity contribution in [2.45, 2.75) is 65.1 Å². The molecule has 0 amide bonds. The molecule has 0 aromatic carbocycles. The Kier molecular flexibility index (Phi) is 5.27. The van der Waals surface area contributed by atoms with Crippen molar-refractivity contribution in [1.29, 1.82) is 0 Å². The first-order chi connectivity index (χ1) is 7.53. The first-order valence-corrected chi connectivity index (χ1v) is 6.55. The predicted octanol–water partition coefficient (Wildman–Crippen LogP) is 4.49. The summed E-state index contributed by atoms with van der Waals surface area (Å²) in [5, 5.41) is 0. The van der Waals surface area contributed by atoms with Gasteiger partial charge in [0.1, 0.15) is 0 Å². The first-order valence-electron chi connectivity index (χ1n) is 6.55.